The summed E-state index contributed by atoms with van der Waals surface area (Å²) in [6, 6.07) is 19.1. The van der Waals surface area contributed by atoms with Crippen LogP contribution in [0.1, 0.15) is 16.7 Å². The van der Waals surface area contributed by atoms with E-state index in [2.05, 4.69) is 11.2 Å². The number of nitrogens with zero attached hydrogens (tertiary/aromatic N) is 3. The third kappa shape index (κ3) is 3.50. The molecule has 3 rings (SSSR count). The Hall–Kier alpha value is -2.97. The lowest BCUT2D eigenvalue weighted by Crippen LogP contribution is -2.06. The van der Waals surface area contributed by atoms with Gasteiger partial charge in [0.15, 0.2) is 5.56 Å². The zero-order valence-electron chi connectivity index (χ0n) is 12.8. The molecule has 0 aliphatic rings. The van der Waals surface area contributed by atoms with Crippen LogP contribution in [0, 0.1) is 11.3 Å². The van der Waals surface area contributed by atoms with E-state index >= 15 is 0 Å². The first-order valence-electron chi connectivity index (χ1n) is 7.35. The molecule has 0 spiro atoms. The fourth-order valence-electron chi connectivity index (χ4n) is 2.27. The molecule has 6 heteroatoms. The van der Waals surface area contributed by atoms with Gasteiger partial charge in [-0.3, -0.25) is 0 Å². The number of benzene rings is 2. The van der Waals surface area contributed by atoms with Gasteiger partial charge in [-0.1, -0.05) is 54.1 Å². The number of hydrogen-bond acceptors (Lipinski definition) is 4. The molecule has 0 aliphatic carbocycles. The summed E-state index contributed by atoms with van der Waals surface area (Å²) >= 11 is 5.89. The molecule has 0 radical (unpaired) electrons. The number of nitriles is 1. The van der Waals surface area contributed by atoms with Gasteiger partial charge in [0.1, 0.15) is 18.5 Å². The summed E-state index contributed by atoms with van der Waals surface area (Å²) in [7, 11) is 0. The number of hydrogen-bond donors (Lipinski definition) is 1. The lowest BCUT2D eigenvalue weighted by molar-refractivity contribution is 0.289. The van der Waals surface area contributed by atoms with Gasteiger partial charge in [-0.15, -0.1) is 5.10 Å². The van der Waals surface area contributed by atoms with E-state index in [4.69, 9.17) is 22.1 Å². The van der Waals surface area contributed by atoms with Crippen molar-refractivity contribution in [1.82, 2.24) is 9.78 Å². The largest absolute Gasteiger partial charge is 0.471 e. The number of ether oxygens (including phenoxy) is 1. The maximum absolute atomic E-state index is 9.33. The van der Waals surface area contributed by atoms with Crippen molar-refractivity contribution in [1.29, 1.82) is 5.26 Å². The summed E-state index contributed by atoms with van der Waals surface area (Å²) < 4.78 is 7.23. The summed E-state index contributed by atoms with van der Waals surface area (Å²) in [6.45, 7) is 0.763. The van der Waals surface area contributed by atoms with Crippen LogP contribution in [0.25, 0.3) is 0 Å². The molecule has 0 aliphatic heterocycles. The van der Waals surface area contributed by atoms with Crippen molar-refractivity contribution in [3.63, 3.8) is 0 Å². The standard InChI is InChI=1S/C18H15ClN4O/c19-15-8-6-13(7-9-15)11-23-17(21)16(10-20)18(22-23)24-12-14-4-2-1-3-5-14/h1-9H,11-12,21H2. The third-order valence-corrected chi connectivity index (χ3v) is 3.79. The maximum atomic E-state index is 9.33. The molecule has 1 aromatic heterocycles. The zero-order valence-corrected chi connectivity index (χ0v) is 13.6. The van der Waals surface area contributed by atoms with Crippen molar-refractivity contribution < 1.29 is 4.74 Å². The molecule has 0 amide bonds. The summed E-state index contributed by atoms with van der Waals surface area (Å²) in [6.07, 6.45) is 0. The van der Waals surface area contributed by atoms with Crippen LogP contribution in [0.2, 0.25) is 5.02 Å². The van der Waals surface area contributed by atoms with Crippen LogP contribution in [0.5, 0.6) is 5.88 Å². The van der Waals surface area contributed by atoms with Crippen LogP contribution in [0.4, 0.5) is 5.82 Å². The second kappa shape index (κ2) is 7.07. The fourth-order valence-corrected chi connectivity index (χ4v) is 2.39. The molecular weight excluding hydrogens is 324 g/mol. The number of halogens is 1. The smallest absolute Gasteiger partial charge is 0.253 e. The molecule has 24 heavy (non-hydrogen) atoms. The Balaban J connectivity index is 1.80. The highest BCUT2D eigenvalue weighted by Crippen LogP contribution is 2.24. The molecule has 120 valence electrons. The van der Waals surface area contributed by atoms with E-state index in [0.29, 0.717) is 18.2 Å². The number of rotatable bonds is 5. The molecule has 0 unspecified atom stereocenters. The number of nitrogen functional groups attached to an aromatic ring is 1. The van der Waals surface area contributed by atoms with Crippen molar-refractivity contribution in [3.05, 3.63) is 76.3 Å². The average molecular weight is 339 g/mol. The molecule has 2 aromatic carbocycles. The Morgan fingerprint density at radius 3 is 2.46 bits per heavy atom. The van der Waals surface area contributed by atoms with Gasteiger partial charge in [-0.25, -0.2) is 4.68 Å². The third-order valence-electron chi connectivity index (χ3n) is 3.54. The lowest BCUT2D eigenvalue weighted by Gasteiger charge is -2.04. The number of anilines is 1. The molecule has 3 aromatic rings. The van der Waals surface area contributed by atoms with E-state index in [1.807, 2.05) is 42.5 Å². The van der Waals surface area contributed by atoms with Gasteiger partial charge in [0.25, 0.3) is 5.88 Å². The molecule has 0 fully saturated rings. The quantitative estimate of drug-likeness (QED) is 0.770. The van der Waals surface area contributed by atoms with Crippen LogP contribution in [0.15, 0.2) is 54.6 Å². The summed E-state index contributed by atoms with van der Waals surface area (Å²) in [5.41, 5.74) is 8.26. The van der Waals surface area contributed by atoms with E-state index in [9.17, 15) is 5.26 Å². The highest BCUT2D eigenvalue weighted by molar-refractivity contribution is 6.30. The van der Waals surface area contributed by atoms with E-state index in [0.717, 1.165) is 11.1 Å². The first-order chi connectivity index (χ1) is 11.7. The molecule has 2 N–H and O–H groups in total. The summed E-state index contributed by atoms with van der Waals surface area (Å²) in [4.78, 5) is 0. The minimum atomic E-state index is 0.243. The second-order valence-electron chi connectivity index (χ2n) is 5.24. The monoisotopic (exact) mass is 338 g/mol. The van der Waals surface area contributed by atoms with Gasteiger partial charge >= 0.3 is 0 Å². The zero-order chi connectivity index (χ0) is 16.9. The van der Waals surface area contributed by atoms with E-state index in [-0.39, 0.29) is 17.3 Å². The van der Waals surface area contributed by atoms with E-state index < -0.39 is 0 Å². The Morgan fingerprint density at radius 1 is 1.08 bits per heavy atom. The van der Waals surface area contributed by atoms with Crippen LogP contribution >= 0.6 is 11.6 Å². The highest BCUT2D eigenvalue weighted by atomic mass is 35.5. The van der Waals surface area contributed by atoms with E-state index in [1.54, 1.807) is 16.8 Å². The van der Waals surface area contributed by atoms with Crippen LogP contribution in [-0.4, -0.2) is 9.78 Å². The minimum absolute atomic E-state index is 0.243. The molecule has 0 bridgehead atoms. The Bertz CT molecular complexity index is 867. The molecule has 1 heterocycles. The van der Waals surface area contributed by atoms with Gasteiger partial charge in [0.2, 0.25) is 0 Å². The van der Waals surface area contributed by atoms with Crippen LogP contribution < -0.4 is 10.5 Å². The van der Waals surface area contributed by atoms with Gasteiger partial charge < -0.3 is 10.5 Å². The normalized spacial score (nSPS) is 10.3. The Kier molecular flexibility index (Phi) is 4.69. The van der Waals surface area contributed by atoms with Crippen molar-refractivity contribution in [2.75, 3.05) is 5.73 Å². The van der Waals surface area contributed by atoms with Crippen molar-refractivity contribution in [2.24, 2.45) is 0 Å². The van der Waals surface area contributed by atoms with Crippen molar-refractivity contribution in [3.8, 4) is 11.9 Å². The van der Waals surface area contributed by atoms with Crippen LogP contribution in [-0.2, 0) is 13.2 Å². The van der Waals surface area contributed by atoms with Crippen molar-refractivity contribution in [2.45, 2.75) is 13.2 Å². The van der Waals surface area contributed by atoms with Crippen LogP contribution in [0.3, 0.4) is 0 Å². The highest BCUT2D eigenvalue weighted by Gasteiger charge is 2.17. The van der Waals surface area contributed by atoms with Gasteiger partial charge in [-0.2, -0.15) is 5.26 Å². The van der Waals surface area contributed by atoms with Crippen molar-refractivity contribution >= 4 is 17.4 Å². The molecule has 0 saturated carbocycles. The average Bonchev–Trinajstić information content (AvgIpc) is 2.91. The summed E-state index contributed by atoms with van der Waals surface area (Å²) in [5.74, 6) is 0.531. The first kappa shape index (κ1) is 15.9. The predicted octanol–water partition coefficient (Wildman–Crippen LogP) is 3.62. The second-order valence-corrected chi connectivity index (χ2v) is 5.67. The maximum Gasteiger partial charge on any atom is 0.253 e. The summed E-state index contributed by atoms with van der Waals surface area (Å²) in [5, 5.41) is 14.3. The predicted molar refractivity (Wildman–Crippen MR) is 92.7 cm³/mol. The van der Waals surface area contributed by atoms with Gasteiger partial charge in [-0.05, 0) is 23.3 Å². The Labute approximate surface area is 144 Å². The fraction of sp³-hybridized carbons (Fsp3) is 0.111. The lowest BCUT2D eigenvalue weighted by atomic mass is 10.2. The molecule has 0 atom stereocenters. The van der Waals surface area contributed by atoms with Gasteiger partial charge in [0, 0.05) is 5.02 Å². The van der Waals surface area contributed by atoms with E-state index in [1.165, 1.54) is 0 Å². The first-order valence-corrected chi connectivity index (χ1v) is 7.72. The SMILES string of the molecule is N#Cc1c(OCc2ccccc2)nn(Cc2ccc(Cl)cc2)c1N. The molecule has 0 saturated heterocycles. The molecular formula is C18H15ClN4O. The topological polar surface area (TPSA) is 76.9 Å². The molecule has 5 nitrogen and oxygen atoms in total. The van der Waals surface area contributed by atoms with Gasteiger partial charge in [0.05, 0.1) is 6.54 Å². The minimum Gasteiger partial charge on any atom is -0.471 e. The number of aromatic nitrogens is 2. The number of nitrogens with two attached hydrogens (primary N) is 1. The Morgan fingerprint density at radius 2 is 1.79 bits per heavy atom.